The van der Waals surface area contributed by atoms with E-state index in [9.17, 15) is 0 Å². The van der Waals surface area contributed by atoms with Crippen molar-refractivity contribution in [1.29, 1.82) is 0 Å². The van der Waals surface area contributed by atoms with Crippen LogP contribution in [0, 0.1) is 5.92 Å². The first-order chi connectivity index (χ1) is 8.69. The van der Waals surface area contributed by atoms with Crippen LogP contribution in [0.1, 0.15) is 40.0 Å². The van der Waals surface area contributed by atoms with Gasteiger partial charge in [0.15, 0.2) is 0 Å². The van der Waals surface area contributed by atoms with Crippen molar-refractivity contribution >= 4 is 5.69 Å². The summed E-state index contributed by atoms with van der Waals surface area (Å²) in [5.41, 5.74) is 1.11. The number of anilines is 1. The maximum absolute atomic E-state index is 5.62. The second-order valence-electron chi connectivity index (χ2n) is 5.40. The van der Waals surface area contributed by atoms with Crippen molar-refractivity contribution in [2.45, 2.75) is 58.7 Å². The molecule has 1 saturated heterocycles. The van der Waals surface area contributed by atoms with Crippen molar-refractivity contribution < 1.29 is 4.74 Å². The second-order valence-corrected chi connectivity index (χ2v) is 5.40. The molecule has 2 heterocycles. The van der Waals surface area contributed by atoms with E-state index in [-0.39, 0.29) is 0 Å². The molecule has 0 amide bonds. The van der Waals surface area contributed by atoms with Gasteiger partial charge in [-0.1, -0.05) is 20.3 Å². The Kier molecular flexibility index (Phi) is 4.64. The lowest BCUT2D eigenvalue weighted by molar-refractivity contribution is 0.0940. The summed E-state index contributed by atoms with van der Waals surface area (Å²) < 4.78 is 7.61. The molecule has 1 aliphatic rings. The zero-order valence-corrected chi connectivity index (χ0v) is 11.7. The van der Waals surface area contributed by atoms with Gasteiger partial charge in [0, 0.05) is 18.8 Å². The second kappa shape index (κ2) is 6.23. The summed E-state index contributed by atoms with van der Waals surface area (Å²) in [6.45, 7) is 8.51. The lowest BCUT2D eigenvalue weighted by Crippen LogP contribution is -2.22. The van der Waals surface area contributed by atoms with Crippen LogP contribution in [0.15, 0.2) is 12.4 Å². The molecule has 4 heteroatoms. The molecule has 0 bridgehead atoms. The van der Waals surface area contributed by atoms with Crippen molar-refractivity contribution in [1.82, 2.24) is 9.78 Å². The fraction of sp³-hybridized carbons (Fsp3) is 0.786. The molecular formula is C14H25N3O. The summed E-state index contributed by atoms with van der Waals surface area (Å²) in [6.07, 6.45) is 7.88. The standard InChI is InChI=1S/C14H25N3O/c1-4-11(2)12(3)16-13-8-15-17(9-13)10-14-6-5-7-18-14/h8-9,11-12,14,16H,4-7,10H2,1-3H3. The molecule has 3 atom stereocenters. The molecule has 2 rings (SSSR count). The fourth-order valence-corrected chi connectivity index (χ4v) is 2.29. The number of hydrogen-bond donors (Lipinski definition) is 1. The van der Waals surface area contributed by atoms with E-state index in [0.717, 1.165) is 25.3 Å². The minimum atomic E-state index is 0.352. The zero-order valence-electron chi connectivity index (χ0n) is 11.7. The normalized spacial score (nSPS) is 22.9. The summed E-state index contributed by atoms with van der Waals surface area (Å²) in [5.74, 6) is 0.673. The highest BCUT2D eigenvalue weighted by Crippen LogP contribution is 2.17. The van der Waals surface area contributed by atoms with Gasteiger partial charge in [0.1, 0.15) is 0 Å². The van der Waals surface area contributed by atoms with E-state index in [1.807, 2.05) is 10.9 Å². The van der Waals surface area contributed by atoms with Crippen molar-refractivity contribution in [3.05, 3.63) is 12.4 Å². The van der Waals surface area contributed by atoms with Crippen LogP contribution in [-0.4, -0.2) is 28.5 Å². The Morgan fingerprint density at radius 2 is 2.39 bits per heavy atom. The van der Waals surface area contributed by atoms with E-state index in [1.165, 1.54) is 12.8 Å². The van der Waals surface area contributed by atoms with Crippen molar-refractivity contribution in [3.63, 3.8) is 0 Å². The minimum absolute atomic E-state index is 0.352. The molecule has 1 aromatic rings. The van der Waals surface area contributed by atoms with Crippen molar-refractivity contribution in [2.24, 2.45) is 5.92 Å². The number of aromatic nitrogens is 2. The average molecular weight is 251 g/mol. The number of nitrogens with zero attached hydrogens (tertiary/aromatic N) is 2. The SMILES string of the molecule is CCC(C)C(C)Nc1cnn(CC2CCCO2)c1. The Morgan fingerprint density at radius 3 is 3.06 bits per heavy atom. The van der Waals surface area contributed by atoms with Gasteiger partial charge >= 0.3 is 0 Å². The van der Waals surface area contributed by atoms with Crippen LogP contribution in [0.5, 0.6) is 0 Å². The van der Waals surface area contributed by atoms with Gasteiger partial charge in [0.05, 0.1) is 24.5 Å². The van der Waals surface area contributed by atoms with Gasteiger partial charge in [-0.05, 0) is 25.7 Å². The molecule has 0 aromatic carbocycles. The Morgan fingerprint density at radius 1 is 1.56 bits per heavy atom. The van der Waals surface area contributed by atoms with Gasteiger partial charge in [0.2, 0.25) is 0 Å². The Balaban J connectivity index is 1.85. The molecule has 1 N–H and O–H groups in total. The van der Waals surface area contributed by atoms with Crippen LogP contribution in [-0.2, 0) is 11.3 Å². The van der Waals surface area contributed by atoms with Gasteiger partial charge in [0.25, 0.3) is 0 Å². The Labute approximate surface area is 110 Å². The van der Waals surface area contributed by atoms with E-state index in [1.54, 1.807) is 0 Å². The predicted octanol–water partition coefficient (Wildman–Crippen LogP) is 2.91. The lowest BCUT2D eigenvalue weighted by Gasteiger charge is -2.19. The minimum Gasteiger partial charge on any atom is -0.380 e. The van der Waals surface area contributed by atoms with Crippen molar-refractivity contribution in [2.75, 3.05) is 11.9 Å². The van der Waals surface area contributed by atoms with E-state index < -0.39 is 0 Å². The first-order valence-electron chi connectivity index (χ1n) is 7.09. The topological polar surface area (TPSA) is 39.1 Å². The highest BCUT2D eigenvalue weighted by Gasteiger charge is 2.17. The van der Waals surface area contributed by atoms with E-state index >= 15 is 0 Å². The Hall–Kier alpha value is -1.03. The third-order valence-corrected chi connectivity index (χ3v) is 3.94. The number of nitrogens with one attached hydrogen (secondary N) is 1. The summed E-state index contributed by atoms with van der Waals surface area (Å²) in [4.78, 5) is 0. The first kappa shape index (κ1) is 13.4. The van der Waals surface area contributed by atoms with Gasteiger partial charge in [-0.15, -0.1) is 0 Å². The highest BCUT2D eigenvalue weighted by molar-refractivity contribution is 5.39. The lowest BCUT2D eigenvalue weighted by atomic mass is 10.0. The molecule has 0 aliphatic carbocycles. The molecule has 18 heavy (non-hydrogen) atoms. The first-order valence-corrected chi connectivity index (χ1v) is 7.09. The molecule has 102 valence electrons. The van der Waals surface area contributed by atoms with Crippen LogP contribution in [0.3, 0.4) is 0 Å². The third kappa shape index (κ3) is 3.48. The summed E-state index contributed by atoms with van der Waals surface area (Å²) in [6, 6.07) is 0.482. The van der Waals surface area contributed by atoms with Crippen molar-refractivity contribution in [3.8, 4) is 0 Å². The molecule has 0 radical (unpaired) electrons. The van der Waals surface area contributed by atoms with E-state index in [2.05, 4.69) is 37.4 Å². The number of hydrogen-bond acceptors (Lipinski definition) is 3. The van der Waals surface area contributed by atoms with Crippen LogP contribution < -0.4 is 5.32 Å². The van der Waals surface area contributed by atoms with Gasteiger partial charge in [-0.25, -0.2) is 0 Å². The molecule has 4 nitrogen and oxygen atoms in total. The summed E-state index contributed by atoms with van der Waals surface area (Å²) in [5, 5.41) is 7.91. The maximum atomic E-state index is 5.62. The van der Waals surface area contributed by atoms with Crippen LogP contribution in [0.25, 0.3) is 0 Å². The monoisotopic (exact) mass is 251 g/mol. The quantitative estimate of drug-likeness (QED) is 0.845. The fourth-order valence-electron chi connectivity index (χ4n) is 2.29. The molecule has 3 unspecified atom stereocenters. The van der Waals surface area contributed by atoms with Gasteiger partial charge in [-0.3, -0.25) is 4.68 Å². The maximum Gasteiger partial charge on any atom is 0.0771 e. The molecule has 1 aromatic heterocycles. The summed E-state index contributed by atoms with van der Waals surface area (Å²) in [7, 11) is 0. The van der Waals surface area contributed by atoms with Crippen LogP contribution in [0.2, 0.25) is 0 Å². The highest BCUT2D eigenvalue weighted by atomic mass is 16.5. The molecule has 1 fully saturated rings. The summed E-state index contributed by atoms with van der Waals surface area (Å²) >= 11 is 0. The molecule has 0 spiro atoms. The van der Waals surface area contributed by atoms with E-state index in [4.69, 9.17) is 4.74 Å². The molecular weight excluding hydrogens is 226 g/mol. The zero-order chi connectivity index (χ0) is 13.0. The van der Waals surface area contributed by atoms with Crippen LogP contribution >= 0.6 is 0 Å². The third-order valence-electron chi connectivity index (χ3n) is 3.94. The van der Waals surface area contributed by atoms with Crippen LogP contribution in [0.4, 0.5) is 5.69 Å². The van der Waals surface area contributed by atoms with Gasteiger partial charge < -0.3 is 10.1 Å². The average Bonchev–Trinajstić information content (AvgIpc) is 3.01. The van der Waals surface area contributed by atoms with Gasteiger partial charge in [-0.2, -0.15) is 5.10 Å². The number of ether oxygens (including phenoxy) is 1. The Bertz CT molecular complexity index is 358. The number of rotatable bonds is 6. The van der Waals surface area contributed by atoms with E-state index in [0.29, 0.717) is 18.1 Å². The smallest absolute Gasteiger partial charge is 0.0771 e. The largest absolute Gasteiger partial charge is 0.380 e. The predicted molar refractivity (Wildman–Crippen MR) is 73.7 cm³/mol. The molecule has 0 saturated carbocycles. The molecule has 1 aliphatic heterocycles.